The largest absolute Gasteiger partial charge is 0.494 e. The van der Waals surface area contributed by atoms with Crippen LogP contribution >= 0.6 is 34.8 Å². The van der Waals surface area contributed by atoms with Gasteiger partial charge in [0.05, 0.1) is 7.11 Å². The molecule has 3 amide bonds. The Bertz CT molecular complexity index is 1500. The molecule has 8 nitrogen and oxygen atoms in total. The summed E-state index contributed by atoms with van der Waals surface area (Å²) in [4.78, 5) is 38.8. The zero-order valence-corrected chi connectivity index (χ0v) is 21.3. The topological polar surface area (TPSA) is 101 Å². The first-order valence-electron chi connectivity index (χ1n) is 10.5. The molecule has 0 saturated carbocycles. The van der Waals surface area contributed by atoms with Gasteiger partial charge in [-0.25, -0.2) is 4.68 Å². The maximum absolute atomic E-state index is 13.2. The van der Waals surface area contributed by atoms with Gasteiger partial charge in [0, 0.05) is 31.8 Å². The van der Waals surface area contributed by atoms with E-state index in [1.165, 1.54) is 30.0 Å². The third-order valence-corrected chi connectivity index (χ3v) is 6.14. The van der Waals surface area contributed by atoms with Crippen LogP contribution in [0.25, 0.3) is 10.9 Å². The molecular formula is C25H19Cl3N4O4. The van der Waals surface area contributed by atoms with Crippen molar-refractivity contribution in [2.75, 3.05) is 23.2 Å². The maximum Gasteiger partial charge on any atom is 0.328 e. The number of nitrogens with zero attached hydrogens (tertiary/aromatic N) is 1. The molecule has 4 aromatic rings. The number of halogens is 3. The highest BCUT2D eigenvalue weighted by Crippen LogP contribution is 2.29. The summed E-state index contributed by atoms with van der Waals surface area (Å²) in [6.45, 7) is 1.71. The number of carbonyl (C=O) groups is 3. The fourth-order valence-corrected chi connectivity index (χ4v) is 4.27. The van der Waals surface area contributed by atoms with Crippen LogP contribution in [0.1, 0.15) is 16.1 Å². The second-order valence-corrected chi connectivity index (χ2v) is 8.96. The summed E-state index contributed by atoms with van der Waals surface area (Å²) in [6.07, 6.45) is 0. The Balaban J connectivity index is 1.69. The van der Waals surface area contributed by atoms with Crippen molar-refractivity contribution < 1.29 is 19.1 Å². The maximum atomic E-state index is 13.2. The molecule has 11 heteroatoms. The summed E-state index contributed by atoms with van der Waals surface area (Å²) in [5.74, 6) is -2.18. The lowest BCUT2D eigenvalue weighted by atomic mass is 10.2. The van der Waals surface area contributed by atoms with E-state index in [1.54, 1.807) is 49.4 Å². The van der Waals surface area contributed by atoms with Gasteiger partial charge in [-0.05, 0) is 55.0 Å². The summed E-state index contributed by atoms with van der Waals surface area (Å²) in [5, 5.41) is 6.93. The van der Waals surface area contributed by atoms with Crippen LogP contribution in [0.3, 0.4) is 0 Å². The fourth-order valence-electron chi connectivity index (χ4n) is 3.57. The number of hydrogen-bond donors (Lipinski definition) is 3. The molecule has 1 aromatic heterocycles. The smallest absolute Gasteiger partial charge is 0.328 e. The Morgan fingerprint density at radius 1 is 0.861 bits per heavy atom. The van der Waals surface area contributed by atoms with Gasteiger partial charge in [0.25, 0.3) is 5.91 Å². The van der Waals surface area contributed by atoms with Crippen molar-refractivity contribution in [1.29, 1.82) is 0 Å². The number of para-hydroxylation sites is 1. The average molecular weight is 546 g/mol. The van der Waals surface area contributed by atoms with Gasteiger partial charge in [-0.3, -0.25) is 19.8 Å². The fraction of sp³-hybridized carbons (Fsp3) is 0.0800. The second kappa shape index (κ2) is 10.5. The molecule has 0 bridgehead atoms. The number of benzene rings is 3. The number of anilines is 2. The van der Waals surface area contributed by atoms with E-state index in [9.17, 15) is 14.4 Å². The number of methoxy groups -OCH3 is 1. The molecule has 36 heavy (non-hydrogen) atoms. The zero-order valence-electron chi connectivity index (χ0n) is 19.0. The van der Waals surface area contributed by atoms with Gasteiger partial charge < -0.3 is 15.4 Å². The first kappa shape index (κ1) is 25.4. The average Bonchev–Trinajstić information content (AvgIpc) is 3.20. The van der Waals surface area contributed by atoms with Crippen molar-refractivity contribution >= 4 is 74.8 Å². The first-order chi connectivity index (χ1) is 17.2. The quantitative estimate of drug-likeness (QED) is 0.273. The highest BCUT2D eigenvalue weighted by molar-refractivity contribution is 6.43. The van der Waals surface area contributed by atoms with Crippen LogP contribution in [0.5, 0.6) is 5.75 Å². The van der Waals surface area contributed by atoms with Crippen molar-refractivity contribution in [3.63, 3.8) is 0 Å². The van der Waals surface area contributed by atoms with Crippen LogP contribution in [0.4, 0.5) is 11.4 Å². The molecule has 0 aliphatic heterocycles. The Labute approximate surface area is 221 Å². The lowest BCUT2D eigenvalue weighted by Crippen LogP contribution is -2.36. The summed E-state index contributed by atoms with van der Waals surface area (Å²) in [5.41, 5.74) is 4.25. The number of amides is 3. The molecule has 0 radical (unpaired) electrons. The molecular weight excluding hydrogens is 527 g/mol. The van der Waals surface area contributed by atoms with Gasteiger partial charge in [-0.1, -0.05) is 53.0 Å². The van der Waals surface area contributed by atoms with Gasteiger partial charge in [0.2, 0.25) is 0 Å². The standard InChI is InChI=1S/C25H19Cl3N4O4/c1-13-18(28)6-4-7-19(13)30-24(34)25(35)31-32-20(9-14-5-3-8-21(36-2)22(14)32)23(33)29-17-11-15(26)10-16(27)12-17/h3-12H,1-2H3,(H,29,33)(H,30,34)(H,31,35). The lowest BCUT2D eigenvalue weighted by Gasteiger charge is -2.15. The Morgan fingerprint density at radius 2 is 1.56 bits per heavy atom. The van der Waals surface area contributed by atoms with Crippen molar-refractivity contribution in [3.05, 3.63) is 87.0 Å². The first-order valence-corrected chi connectivity index (χ1v) is 11.6. The molecule has 184 valence electrons. The number of aromatic nitrogens is 1. The molecule has 0 unspecified atom stereocenters. The summed E-state index contributed by atoms with van der Waals surface area (Å²) in [7, 11) is 1.45. The van der Waals surface area contributed by atoms with Crippen molar-refractivity contribution in [1.82, 2.24) is 4.68 Å². The number of fused-ring (bicyclic) bond motifs is 1. The van der Waals surface area contributed by atoms with Crippen LogP contribution in [-0.2, 0) is 9.59 Å². The minimum Gasteiger partial charge on any atom is -0.494 e. The molecule has 3 N–H and O–H groups in total. The summed E-state index contributed by atoms with van der Waals surface area (Å²) in [6, 6.07) is 16.2. The third kappa shape index (κ3) is 5.26. The molecule has 4 rings (SSSR count). The van der Waals surface area contributed by atoms with Crippen LogP contribution < -0.4 is 20.8 Å². The minimum absolute atomic E-state index is 0.0330. The van der Waals surface area contributed by atoms with Gasteiger partial charge in [0.15, 0.2) is 0 Å². The van der Waals surface area contributed by atoms with E-state index >= 15 is 0 Å². The van der Waals surface area contributed by atoms with Gasteiger partial charge in [-0.2, -0.15) is 0 Å². The van der Waals surface area contributed by atoms with E-state index in [2.05, 4.69) is 16.1 Å². The third-order valence-electron chi connectivity index (χ3n) is 5.30. The molecule has 3 aromatic carbocycles. The number of carbonyl (C=O) groups excluding carboxylic acids is 3. The van der Waals surface area contributed by atoms with Gasteiger partial charge >= 0.3 is 11.8 Å². The number of hydrogen-bond acceptors (Lipinski definition) is 4. The van der Waals surface area contributed by atoms with Crippen LogP contribution in [0, 0.1) is 6.92 Å². The molecule has 1 heterocycles. The lowest BCUT2D eigenvalue weighted by molar-refractivity contribution is -0.133. The second-order valence-electron chi connectivity index (χ2n) is 7.68. The van der Waals surface area contributed by atoms with E-state index in [4.69, 9.17) is 39.5 Å². The molecule has 0 aliphatic rings. The molecule has 0 saturated heterocycles. The van der Waals surface area contributed by atoms with Crippen molar-refractivity contribution in [2.24, 2.45) is 0 Å². The molecule has 0 spiro atoms. The van der Waals surface area contributed by atoms with E-state index in [-0.39, 0.29) is 5.69 Å². The summed E-state index contributed by atoms with van der Waals surface area (Å²) >= 11 is 18.2. The van der Waals surface area contributed by atoms with E-state index in [0.717, 1.165) is 0 Å². The Hall–Kier alpha value is -3.72. The Kier molecular flexibility index (Phi) is 7.40. The molecule has 0 aliphatic carbocycles. The van der Waals surface area contributed by atoms with Crippen molar-refractivity contribution in [3.8, 4) is 5.75 Å². The van der Waals surface area contributed by atoms with E-state index < -0.39 is 17.7 Å². The number of nitrogens with one attached hydrogen (secondary N) is 3. The Morgan fingerprint density at radius 3 is 2.25 bits per heavy atom. The normalized spacial score (nSPS) is 10.7. The number of ether oxygens (including phenoxy) is 1. The van der Waals surface area contributed by atoms with Gasteiger partial charge in [-0.15, -0.1) is 0 Å². The monoisotopic (exact) mass is 544 g/mol. The summed E-state index contributed by atoms with van der Waals surface area (Å²) < 4.78 is 6.62. The number of rotatable bonds is 5. The van der Waals surface area contributed by atoms with Crippen LogP contribution in [0.2, 0.25) is 15.1 Å². The predicted molar refractivity (Wildman–Crippen MR) is 142 cm³/mol. The van der Waals surface area contributed by atoms with Crippen LogP contribution in [-0.4, -0.2) is 29.5 Å². The minimum atomic E-state index is -1.02. The molecule has 0 atom stereocenters. The zero-order chi connectivity index (χ0) is 26.0. The highest BCUT2D eigenvalue weighted by Gasteiger charge is 2.23. The van der Waals surface area contributed by atoms with Crippen LogP contribution in [0.15, 0.2) is 60.7 Å². The van der Waals surface area contributed by atoms with E-state index in [1.807, 2.05) is 0 Å². The SMILES string of the molecule is COc1cccc2cc(C(=O)Nc3cc(Cl)cc(Cl)c3)n(NC(=O)C(=O)Nc3cccc(Cl)c3C)c12. The van der Waals surface area contributed by atoms with E-state index in [0.29, 0.717) is 48.7 Å². The highest BCUT2D eigenvalue weighted by atomic mass is 35.5. The molecule has 0 fully saturated rings. The van der Waals surface area contributed by atoms with Crippen molar-refractivity contribution in [2.45, 2.75) is 6.92 Å². The van der Waals surface area contributed by atoms with Gasteiger partial charge in [0.1, 0.15) is 17.0 Å². The predicted octanol–water partition coefficient (Wildman–Crippen LogP) is 5.88.